The largest absolute Gasteiger partial charge is 0.399 e. The molecule has 2 N–H and O–H groups in total. The lowest BCUT2D eigenvalue weighted by molar-refractivity contribution is 0.867. The van der Waals surface area contributed by atoms with Gasteiger partial charge in [0.1, 0.15) is 0 Å². The van der Waals surface area contributed by atoms with Gasteiger partial charge in [0.15, 0.2) is 0 Å². The highest BCUT2D eigenvalue weighted by atomic mass is 15.1. The molecule has 0 radical (unpaired) electrons. The number of hydrogen-bond acceptors (Lipinski definition) is 3. The van der Waals surface area contributed by atoms with E-state index in [0.717, 1.165) is 40.6 Å². The minimum Gasteiger partial charge on any atom is -0.399 e. The van der Waals surface area contributed by atoms with Crippen LogP contribution in [0.3, 0.4) is 0 Å². The summed E-state index contributed by atoms with van der Waals surface area (Å²) < 4.78 is 0. The Morgan fingerprint density at radius 2 is 1.55 bits per heavy atom. The van der Waals surface area contributed by atoms with E-state index < -0.39 is 0 Å². The first kappa shape index (κ1) is 12.7. The lowest BCUT2D eigenvalue weighted by Gasteiger charge is -2.21. The number of nitrogens with zero attached hydrogens (tertiary/aromatic N) is 2. The maximum absolute atomic E-state index is 5.84. The first-order valence-corrected chi connectivity index (χ1v) is 7.06. The van der Waals surface area contributed by atoms with Crippen LogP contribution in [0.15, 0.2) is 42.5 Å². The van der Waals surface area contributed by atoms with Crippen LogP contribution in [0.5, 0.6) is 0 Å². The van der Waals surface area contributed by atoms with Crippen LogP contribution in [-0.4, -0.2) is 18.1 Å². The molecule has 102 valence electrons. The van der Waals surface area contributed by atoms with Crippen molar-refractivity contribution in [3.05, 3.63) is 42.5 Å². The van der Waals surface area contributed by atoms with E-state index in [1.165, 1.54) is 5.69 Å². The maximum atomic E-state index is 5.84. The molecule has 0 spiro atoms. The average molecular weight is 265 g/mol. The third-order valence-corrected chi connectivity index (χ3v) is 3.75. The van der Waals surface area contributed by atoms with E-state index in [1.54, 1.807) is 0 Å². The van der Waals surface area contributed by atoms with Crippen LogP contribution in [0, 0.1) is 0 Å². The Labute approximate surface area is 119 Å². The molecule has 3 heteroatoms. The van der Waals surface area contributed by atoms with Crippen LogP contribution in [0.2, 0.25) is 0 Å². The van der Waals surface area contributed by atoms with Crippen molar-refractivity contribution in [3.63, 3.8) is 0 Å². The van der Waals surface area contributed by atoms with E-state index in [1.807, 2.05) is 18.2 Å². The number of rotatable bonds is 3. The summed E-state index contributed by atoms with van der Waals surface area (Å²) >= 11 is 0. The van der Waals surface area contributed by atoms with Crippen LogP contribution in [0.25, 0.3) is 21.8 Å². The zero-order valence-electron chi connectivity index (χ0n) is 11.9. The summed E-state index contributed by atoms with van der Waals surface area (Å²) in [5.74, 6) is 0. The van der Waals surface area contributed by atoms with E-state index in [0.29, 0.717) is 0 Å². The van der Waals surface area contributed by atoms with Gasteiger partial charge in [-0.1, -0.05) is 12.1 Å². The van der Waals surface area contributed by atoms with Gasteiger partial charge in [0.05, 0.1) is 11.0 Å². The first-order chi connectivity index (χ1) is 9.71. The summed E-state index contributed by atoms with van der Waals surface area (Å²) in [6, 6.07) is 14.5. The summed E-state index contributed by atoms with van der Waals surface area (Å²) in [4.78, 5) is 7.07. The van der Waals surface area contributed by atoms with Crippen molar-refractivity contribution in [2.75, 3.05) is 23.7 Å². The fraction of sp³-hybridized carbons (Fsp3) is 0.235. The van der Waals surface area contributed by atoms with Gasteiger partial charge in [-0.15, -0.1) is 0 Å². The molecule has 0 amide bonds. The maximum Gasteiger partial charge on any atom is 0.0730 e. The molecule has 1 heterocycles. The molecule has 0 aliphatic heterocycles. The van der Waals surface area contributed by atoms with Gasteiger partial charge in [0.25, 0.3) is 0 Å². The zero-order chi connectivity index (χ0) is 14.1. The van der Waals surface area contributed by atoms with E-state index in [9.17, 15) is 0 Å². The minimum absolute atomic E-state index is 0.754. The third-order valence-electron chi connectivity index (χ3n) is 3.75. The van der Waals surface area contributed by atoms with E-state index in [-0.39, 0.29) is 0 Å². The molecule has 2 aromatic carbocycles. The van der Waals surface area contributed by atoms with E-state index in [4.69, 9.17) is 10.7 Å². The highest BCUT2D eigenvalue weighted by Gasteiger charge is 2.05. The lowest BCUT2D eigenvalue weighted by atomic mass is 10.1. The van der Waals surface area contributed by atoms with Crippen molar-refractivity contribution in [3.8, 4) is 0 Å². The number of pyridine rings is 1. The Morgan fingerprint density at radius 1 is 0.900 bits per heavy atom. The molecule has 3 nitrogen and oxygen atoms in total. The molecule has 3 aromatic rings. The van der Waals surface area contributed by atoms with Gasteiger partial charge in [0, 0.05) is 35.2 Å². The van der Waals surface area contributed by atoms with Crippen LogP contribution in [0.4, 0.5) is 11.4 Å². The summed E-state index contributed by atoms with van der Waals surface area (Å²) in [5.41, 5.74) is 9.79. The van der Waals surface area contributed by atoms with Crippen molar-refractivity contribution in [2.45, 2.75) is 13.8 Å². The highest BCUT2D eigenvalue weighted by Crippen LogP contribution is 2.25. The fourth-order valence-corrected chi connectivity index (χ4v) is 2.61. The molecule has 20 heavy (non-hydrogen) atoms. The monoisotopic (exact) mass is 265 g/mol. The zero-order valence-corrected chi connectivity index (χ0v) is 11.9. The molecule has 0 saturated heterocycles. The Morgan fingerprint density at radius 3 is 2.25 bits per heavy atom. The summed E-state index contributed by atoms with van der Waals surface area (Å²) in [5, 5.41) is 2.29. The molecule has 0 aliphatic carbocycles. The van der Waals surface area contributed by atoms with Crippen molar-refractivity contribution >= 4 is 33.2 Å². The topological polar surface area (TPSA) is 42.1 Å². The van der Waals surface area contributed by atoms with Gasteiger partial charge < -0.3 is 10.6 Å². The average Bonchev–Trinajstić information content (AvgIpc) is 2.46. The number of nitrogens with two attached hydrogens (primary N) is 1. The number of fused-ring (bicyclic) bond motifs is 2. The molecule has 3 rings (SSSR count). The van der Waals surface area contributed by atoms with Gasteiger partial charge in [-0.05, 0) is 44.2 Å². The Bertz CT molecular complexity index is 761. The van der Waals surface area contributed by atoms with E-state index in [2.05, 4.69) is 43.0 Å². The van der Waals surface area contributed by atoms with E-state index >= 15 is 0 Å². The molecule has 0 saturated carbocycles. The number of anilines is 2. The lowest BCUT2D eigenvalue weighted by Crippen LogP contribution is -2.21. The second-order valence-corrected chi connectivity index (χ2v) is 4.99. The number of hydrogen-bond donors (Lipinski definition) is 1. The predicted molar refractivity (Wildman–Crippen MR) is 87.2 cm³/mol. The normalized spacial score (nSPS) is 11.1. The van der Waals surface area contributed by atoms with Crippen molar-refractivity contribution in [1.82, 2.24) is 4.98 Å². The molecular weight excluding hydrogens is 246 g/mol. The first-order valence-electron chi connectivity index (χ1n) is 7.06. The predicted octanol–water partition coefficient (Wildman–Crippen LogP) is 3.82. The second kappa shape index (κ2) is 5.00. The quantitative estimate of drug-likeness (QED) is 0.578. The molecule has 0 bridgehead atoms. The molecule has 0 atom stereocenters. The number of nitrogen functional groups attached to an aromatic ring is 1. The van der Waals surface area contributed by atoms with Gasteiger partial charge >= 0.3 is 0 Å². The highest BCUT2D eigenvalue weighted by molar-refractivity contribution is 5.95. The summed E-state index contributed by atoms with van der Waals surface area (Å²) in [6.45, 7) is 6.34. The van der Waals surface area contributed by atoms with Crippen molar-refractivity contribution in [1.29, 1.82) is 0 Å². The summed E-state index contributed by atoms with van der Waals surface area (Å²) in [7, 11) is 0. The molecular formula is C17H19N3. The van der Waals surface area contributed by atoms with Crippen LogP contribution < -0.4 is 10.6 Å². The molecule has 1 aromatic heterocycles. The molecule has 0 aliphatic rings. The number of benzene rings is 2. The Balaban J connectivity index is 2.20. The van der Waals surface area contributed by atoms with Crippen LogP contribution >= 0.6 is 0 Å². The van der Waals surface area contributed by atoms with Gasteiger partial charge in [-0.3, -0.25) is 0 Å². The minimum atomic E-state index is 0.754. The van der Waals surface area contributed by atoms with Crippen molar-refractivity contribution in [2.24, 2.45) is 0 Å². The molecule has 0 unspecified atom stereocenters. The standard InChI is InChI=1S/C17H19N3/c1-3-20(4-2)15-8-6-13-9-12-5-7-14(18)10-16(12)19-17(13)11-15/h5-11H,3-4,18H2,1-2H3. The SMILES string of the molecule is CCN(CC)c1ccc2cc3ccc(N)cc3nc2c1. The van der Waals surface area contributed by atoms with Gasteiger partial charge in [-0.25, -0.2) is 4.98 Å². The number of aromatic nitrogens is 1. The Kier molecular flexibility index (Phi) is 3.18. The second-order valence-electron chi connectivity index (χ2n) is 4.99. The third kappa shape index (κ3) is 2.16. The summed E-state index contributed by atoms with van der Waals surface area (Å²) in [6.07, 6.45) is 0. The van der Waals surface area contributed by atoms with Gasteiger partial charge in [0.2, 0.25) is 0 Å². The van der Waals surface area contributed by atoms with Gasteiger partial charge in [-0.2, -0.15) is 0 Å². The fourth-order valence-electron chi connectivity index (χ4n) is 2.61. The van der Waals surface area contributed by atoms with Crippen molar-refractivity contribution < 1.29 is 0 Å². The Hall–Kier alpha value is -2.29. The smallest absolute Gasteiger partial charge is 0.0730 e. The van der Waals surface area contributed by atoms with Crippen LogP contribution in [0.1, 0.15) is 13.8 Å². The van der Waals surface area contributed by atoms with Crippen LogP contribution in [-0.2, 0) is 0 Å². The molecule has 0 fully saturated rings.